The Morgan fingerprint density at radius 1 is 0.933 bits per heavy atom. The zero-order valence-corrected chi connectivity index (χ0v) is 18.1. The number of hydrogen-bond acceptors (Lipinski definition) is 7. The highest BCUT2D eigenvalue weighted by atomic mass is 16.8. The number of benzene rings is 1. The van der Waals surface area contributed by atoms with Gasteiger partial charge >= 0.3 is 6.09 Å². The summed E-state index contributed by atoms with van der Waals surface area (Å²) in [5.74, 6) is -0.896. The minimum Gasteiger partial charge on any atom is -0.445 e. The third-order valence-electron chi connectivity index (χ3n) is 5.53. The van der Waals surface area contributed by atoms with Crippen LogP contribution in [0.2, 0.25) is 0 Å². The molecule has 8 nitrogen and oxygen atoms in total. The maximum Gasteiger partial charge on any atom is 0.410 e. The maximum atomic E-state index is 12.0. The molecule has 4 heterocycles. The molecule has 5 rings (SSSR count). The third-order valence-corrected chi connectivity index (χ3v) is 5.53. The summed E-state index contributed by atoms with van der Waals surface area (Å²) < 4.78 is 28.0. The molecule has 0 bridgehead atoms. The van der Waals surface area contributed by atoms with Crippen molar-refractivity contribution in [1.29, 1.82) is 0 Å². The normalized spacial score (nSPS) is 32.9. The Labute approximate surface area is 177 Å². The highest BCUT2D eigenvalue weighted by Crippen LogP contribution is 2.33. The number of amides is 1. The Morgan fingerprint density at radius 3 is 1.97 bits per heavy atom. The van der Waals surface area contributed by atoms with Crippen molar-refractivity contribution >= 4 is 6.09 Å². The van der Waals surface area contributed by atoms with Crippen molar-refractivity contribution in [3.63, 3.8) is 0 Å². The quantitative estimate of drug-likeness (QED) is 0.786. The summed E-state index contributed by atoms with van der Waals surface area (Å²) in [7, 11) is 0. The van der Waals surface area contributed by atoms with Crippen LogP contribution in [0.5, 0.6) is 0 Å². The van der Waals surface area contributed by atoms with Gasteiger partial charge in [0.05, 0.1) is 13.1 Å². The lowest BCUT2D eigenvalue weighted by Crippen LogP contribution is -2.34. The molecular weight excluding hydrogens is 388 g/mol. The van der Waals surface area contributed by atoms with E-state index in [1.54, 1.807) is 4.90 Å². The number of carbonyl (C=O) groups excluding carboxylic acids is 1. The smallest absolute Gasteiger partial charge is 0.410 e. The van der Waals surface area contributed by atoms with Gasteiger partial charge in [-0.25, -0.2) is 4.79 Å². The van der Waals surface area contributed by atoms with Gasteiger partial charge in [0.2, 0.25) is 0 Å². The first-order chi connectivity index (χ1) is 14.2. The second kappa shape index (κ2) is 8.43. The number of hydrogen-bond donors (Lipinski definition) is 1. The zero-order chi connectivity index (χ0) is 21.4. The van der Waals surface area contributed by atoms with Gasteiger partial charge in [0.25, 0.3) is 0 Å². The van der Waals surface area contributed by atoms with Crippen LogP contribution in [-0.2, 0) is 30.3 Å². The number of nitrogens with one attached hydrogen (secondary N) is 1. The predicted octanol–water partition coefficient (Wildman–Crippen LogP) is 2.27. The lowest BCUT2D eigenvalue weighted by Gasteiger charge is -2.22. The van der Waals surface area contributed by atoms with Crippen LogP contribution >= 0.6 is 0 Å². The Kier molecular flexibility index (Phi) is 6.05. The Hall–Kier alpha value is -1.71. The molecule has 0 aromatic heterocycles. The van der Waals surface area contributed by atoms with Crippen molar-refractivity contribution in [3.05, 3.63) is 35.9 Å². The molecule has 30 heavy (non-hydrogen) atoms. The van der Waals surface area contributed by atoms with Crippen LogP contribution in [0.4, 0.5) is 4.79 Å². The van der Waals surface area contributed by atoms with Crippen molar-refractivity contribution in [1.82, 2.24) is 10.2 Å². The molecule has 4 aliphatic heterocycles. The van der Waals surface area contributed by atoms with Crippen molar-refractivity contribution in [2.75, 3.05) is 26.2 Å². The topological polar surface area (TPSA) is 78.5 Å². The molecule has 0 aliphatic carbocycles. The summed E-state index contributed by atoms with van der Waals surface area (Å²) in [5.41, 5.74) is 0.980. The van der Waals surface area contributed by atoms with Gasteiger partial charge in [-0.05, 0) is 33.3 Å². The number of fused-ring (bicyclic) bond motifs is 2. The van der Waals surface area contributed by atoms with Crippen LogP contribution in [0.1, 0.15) is 33.3 Å². The highest BCUT2D eigenvalue weighted by molar-refractivity contribution is 5.68. The van der Waals surface area contributed by atoms with E-state index in [0.717, 1.165) is 18.7 Å². The first-order valence-electron chi connectivity index (χ1n) is 10.6. The molecule has 8 heteroatoms. The largest absolute Gasteiger partial charge is 0.445 e. The molecular formula is C22H32N2O6. The van der Waals surface area contributed by atoms with Crippen LogP contribution in [-0.4, -0.2) is 73.2 Å². The summed E-state index contributed by atoms with van der Waals surface area (Å²) in [5, 5.41) is 3.21. The number of carbonyl (C=O) groups is 1. The molecule has 1 aromatic carbocycles. The summed E-state index contributed by atoms with van der Waals surface area (Å²) in [6.45, 7) is 10.9. The van der Waals surface area contributed by atoms with E-state index >= 15 is 0 Å². The number of nitrogens with zero attached hydrogens (tertiary/aromatic N) is 1. The third kappa shape index (κ3) is 5.12. The van der Waals surface area contributed by atoms with Gasteiger partial charge in [-0.1, -0.05) is 30.3 Å². The lowest BCUT2D eigenvalue weighted by molar-refractivity contribution is -0.154. The fraction of sp³-hybridized carbons (Fsp3) is 0.682. The molecule has 4 atom stereocenters. The minimum atomic E-state index is -0.546. The fourth-order valence-electron chi connectivity index (χ4n) is 4.31. The highest BCUT2D eigenvalue weighted by Gasteiger charge is 2.48. The number of likely N-dealkylation sites (tertiary alicyclic amines) is 1. The van der Waals surface area contributed by atoms with Gasteiger partial charge < -0.3 is 33.9 Å². The van der Waals surface area contributed by atoms with Crippen molar-refractivity contribution in [2.24, 2.45) is 0 Å². The monoisotopic (exact) mass is 420 g/mol. The van der Waals surface area contributed by atoms with Gasteiger partial charge in [0.1, 0.15) is 31.0 Å². The van der Waals surface area contributed by atoms with E-state index in [1.807, 2.05) is 58.0 Å². The van der Waals surface area contributed by atoms with E-state index in [0.29, 0.717) is 19.7 Å². The van der Waals surface area contributed by atoms with Gasteiger partial charge in [-0.15, -0.1) is 0 Å². The van der Waals surface area contributed by atoms with Gasteiger partial charge in [-0.2, -0.15) is 0 Å². The number of ether oxygens (including phenoxy) is 5. The summed E-state index contributed by atoms with van der Waals surface area (Å²) in [6.07, 6.45) is 0.168. The van der Waals surface area contributed by atoms with Crippen LogP contribution < -0.4 is 5.32 Å². The summed E-state index contributed by atoms with van der Waals surface area (Å²) >= 11 is 0. The van der Waals surface area contributed by atoms with E-state index < -0.39 is 5.79 Å². The second-order valence-electron chi connectivity index (χ2n) is 9.03. The maximum absolute atomic E-state index is 12.0. The van der Waals surface area contributed by atoms with E-state index in [2.05, 4.69) is 5.32 Å². The average molecular weight is 421 g/mol. The zero-order valence-electron chi connectivity index (χ0n) is 18.1. The second-order valence-corrected chi connectivity index (χ2v) is 9.03. The summed E-state index contributed by atoms with van der Waals surface area (Å²) in [6, 6.07) is 9.64. The van der Waals surface area contributed by atoms with Gasteiger partial charge in [-0.3, -0.25) is 0 Å². The molecule has 0 radical (unpaired) electrons. The molecule has 0 spiro atoms. The Morgan fingerprint density at radius 2 is 1.43 bits per heavy atom. The lowest BCUT2D eigenvalue weighted by atomic mass is 10.2. The van der Waals surface area contributed by atoms with Crippen molar-refractivity contribution in [2.45, 2.75) is 70.3 Å². The van der Waals surface area contributed by atoms with Crippen molar-refractivity contribution < 1.29 is 28.5 Å². The van der Waals surface area contributed by atoms with E-state index in [9.17, 15) is 4.79 Å². The fourth-order valence-corrected chi connectivity index (χ4v) is 4.31. The average Bonchev–Trinajstić information content (AvgIpc) is 3.38. The van der Waals surface area contributed by atoms with Gasteiger partial charge in [0.15, 0.2) is 11.6 Å². The molecule has 0 unspecified atom stereocenters. The number of rotatable bonds is 2. The molecule has 4 aliphatic rings. The molecule has 4 saturated heterocycles. The molecule has 1 aromatic rings. The summed E-state index contributed by atoms with van der Waals surface area (Å²) in [4.78, 5) is 13.7. The molecule has 1 amide bonds. The van der Waals surface area contributed by atoms with Crippen LogP contribution in [0.25, 0.3) is 0 Å². The standard InChI is InChI=1S/C15H19NO4.C7H13NO2/c1-15(2)19-12-8-16(9-13(12)20-15)14(17)18-10-11-6-4-3-5-7-11;1-7(2)9-5-3-8-4-6(5)10-7/h3-7,12-13H,8-10H2,1-2H3;5-6,8H,3-4H2,1-2H3/t12-,13+;5-,6+. The SMILES string of the molecule is CC1(C)O[C@H]2CN(C(=O)OCc3ccccc3)C[C@H]2O1.CC1(C)O[C@H]2CNC[C@H]2O1. The van der Waals surface area contributed by atoms with E-state index in [1.165, 1.54) is 0 Å². The molecule has 4 fully saturated rings. The molecule has 1 N–H and O–H groups in total. The first kappa shape index (κ1) is 21.5. The van der Waals surface area contributed by atoms with Crippen LogP contribution in [0.15, 0.2) is 30.3 Å². The van der Waals surface area contributed by atoms with Gasteiger partial charge in [0, 0.05) is 13.1 Å². The van der Waals surface area contributed by atoms with Crippen LogP contribution in [0.3, 0.4) is 0 Å². The Bertz CT molecular complexity index is 710. The van der Waals surface area contributed by atoms with E-state index in [4.69, 9.17) is 23.7 Å². The first-order valence-corrected chi connectivity index (χ1v) is 10.6. The molecule has 0 saturated carbocycles. The molecule has 166 valence electrons. The van der Waals surface area contributed by atoms with Crippen molar-refractivity contribution in [3.8, 4) is 0 Å². The minimum absolute atomic E-state index is 0.0470. The van der Waals surface area contributed by atoms with E-state index in [-0.39, 0.29) is 36.3 Å². The predicted molar refractivity (Wildman–Crippen MR) is 109 cm³/mol. The Balaban J connectivity index is 0.000000181. The van der Waals surface area contributed by atoms with Crippen LogP contribution in [0, 0.1) is 0 Å².